The van der Waals surface area contributed by atoms with Crippen LogP contribution in [-0.4, -0.2) is 53.8 Å². The second kappa shape index (κ2) is 7.59. The van der Waals surface area contributed by atoms with Gasteiger partial charge in [0.05, 0.1) is 21.8 Å². The molecule has 0 atom stereocenters. The number of likely N-dealkylation sites (N-methyl/N-ethyl adjacent to an activating group) is 1. The Labute approximate surface area is 175 Å². The molecule has 1 aliphatic rings. The minimum absolute atomic E-state index is 0.238. The molecule has 4 rings (SSSR count). The molecular formula is C20H22F3N5OS. The maximum Gasteiger partial charge on any atom is 0.418 e. The number of carbonyl (C=O) groups is 1. The molecule has 2 aromatic heterocycles. The zero-order chi connectivity index (χ0) is 21.6. The van der Waals surface area contributed by atoms with Gasteiger partial charge in [-0.3, -0.25) is 9.48 Å². The number of rotatable bonds is 3. The van der Waals surface area contributed by atoms with E-state index in [-0.39, 0.29) is 5.69 Å². The van der Waals surface area contributed by atoms with Crippen molar-refractivity contribution >= 4 is 38.8 Å². The lowest BCUT2D eigenvalue weighted by Crippen LogP contribution is -2.44. The number of nitrogens with one attached hydrogen (secondary N) is 1. The molecule has 1 aromatic carbocycles. The largest absolute Gasteiger partial charge is 0.418 e. The Bertz CT molecular complexity index is 1060. The maximum absolute atomic E-state index is 13.7. The Balaban J connectivity index is 1.62. The van der Waals surface area contributed by atoms with Crippen LogP contribution in [0.25, 0.3) is 10.2 Å². The van der Waals surface area contributed by atoms with Gasteiger partial charge in [0.2, 0.25) is 0 Å². The summed E-state index contributed by atoms with van der Waals surface area (Å²) < 4.78 is 42.9. The van der Waals surface area contributed by atoms with E-state index < -0.39 is 17.6 Å². The first-order valence-corrected chi connectivity index (χ1v) is 10.3. The number of hydrogen-bond acceptors (Lipinski definition) is 5. The number of nitrogens with zero attached hydrogens (tertiary/aromatic N) is 4. The molecule has 0 spiro atoms. The van der Waals surface area contributed by atoms with Crippen LogP contribution < -0.4 is 10.2 Å². The van der Waals surface area contributed by atoms with E-state index in [1.54, 1.807) is 23.9 Å². The summed E-state index contributed by atoms with van der Waals surface area (Å²) in [4.78, 5) is 17.9. The molecule has 1 saturated heterocycles. The summed E-state index contributed by atoms with van der Waals surface area (Å²) in [6, 6.07) is 5.77. The van der Waals surface area contributed by atoms with Crippen molar-refractivity contribution in [2.75, 3.05) is 43.4 Å². The van der Waals surface area contributed by atoms with Crippen LogP contribution in [0.3, 0.4) is 0 Å². The predicted molar refractivity (Wildman–Crippen MR) is 112 cm³/mol. The Hall–Kier alpha value is -2.59. The quantitative estimate of drug-likeness (QED) is 0.674. The van der Waals surface area contributed by atoms with Gasteiger partial charge in [-0.25, -0.2) is 0 Å². The fourth-order valence-corrected chi connectivity index (χ4v) is 4.66. The number of benzene rings is 1. The standard InChI is InChI=1S/C20H22F3N5OS/c1-12-14-11-17(30-19(14)27(3)25-12)18(29)24-16-5-4-13(10-15(16)20(21,22)23)28-8-6-26(2)7-9-28/h4-5,10-11H,6-9H2,1-3H3,(H,24,29). The first-order valence-electron chi connectivity index (χ1n) is 9.52. The lowest BCUT2D eigenvalue weighted by molar-refractivity contribution is -0.136. The third-order valence-electron chi connectivity index (χ3n) is 5.35. The van der Waals surface area contributed by atoms with Gasteiger partial charge < -0.3 is 15.1 Å². The molecule has 0 unspecified atom stereocenters. The highest BCUT2D eigenvalue weighted by Gasteiger charge is 2.35. The Morgan fingerprint density at radius 2 is 1.83 bits per heavy atom. The molecule has 0 saturated carbocycles. The van der Waals surface area contributed by atoms with E-state index in [1.807, 2.05) is 18.9 Å². The number of thiophene rings is 1. The molecule has 1 N–H and O–H groups in total. The summed E-state index contributed by atoms with van der Waals surface area (Å²) in [5, 5.41) is 7.56. The molecule has 160 valence electrons. The van der Waals surface area contributed by atoms with Crippen LogP contribution in [0.1, 0.15) is 20.9 Å². The lowest BCUT2D eigenvalue weighted by atomic mass is 10.1. The first kappa shape index (κ1) is 20.7. The Morgan fingerprint density at radius 3 is 2.47 bits per heavy atom. The van der Waals surface area contributed by atoms with Crippen LogP contribution in [-0.2, 0) is 13.2 Å². The molecule has 30 heavy (non-hydrogen) atoms. The molecule has 1 amide bonds. The number of aryl methyl sites for hydroxylation is 2. The Morgan fingerprint density at radius 1 is 1.13 bits per heavy atom. The minimum atomic E-state index is -4.58. The van der Waals surface area contributed by atoms with Gasteiger partial charge >= 0.3 is 6.18 Å². The number of anilines is 2. The molecule has 0 aliphatic carbocycles. The van der Waals surface area contributed by atoms with Crippen LogP contribution in [0.15, 0.2) is 24.3 Å². The summed E-state index contributed by atoms with van der Waals surface area (Å²) in [6.45, 7) is 4.74. The van der Waals surface area contributed by atoms with Crippen LogP contribution >= 0.6 is 11.3 Å². The van der Waals surface area contributed by atoms with E-state index in [0.717, 1.165) is 35.1 Å². The predicted octanol–water partition coefficient (Wildman–Crippen LogP) is 3.97. The van der Waals surface area contributed by atoms with Gasteiger partial charge in [-0.15, -0.1) is 11.3 Å². The van der Waals surface area contributed by atoms with E-state index in [4.69, 9.17) is 0 Å². The zero-order valence-electron chi connectivity index (χ0n) is 16.9. The highest BCUT2D eigenvalue weighted by atomic mass is 32.1. The summed E-state index contributed by atoms with van der Waals surface area (Å²) in [7, 11) is 3.76. The summed E-state index contributed by atoms with van der Waals surface area (Å²) in [6.07, 6.45) is -4.58. The number of fused-ring (bicyclic) bond motifs is 1. The van der Waals surface area contributed by atoms with Crippen LogP contribution in [0.4, 0.5) is 24.5 Å². The van der Waals surface area contributed by atoms with Gasteiger partial charge in [-0.1, -0.05) is 0 Å². The topological polar surface area (TPSA) is 53.4 Å². The number of carbonyl (C=O) groups excluding carboxylic acids is 1. The van der Waals surface area contributed by atoms with Gasteiger partial charge in [0.1, 0.15) is 4.83 Å². The van der Waals surface area contributed by atoms with Crippen LogP contribution in [0.5, 0.6) is 0 Å². The van der Waals surface area contributed by atoms with Gasteiger partial charge in [0, 0.05) is 44.3 Å². The monoisotopic (exact) mass is 437 g/mol. The van der Waals surface area contributed by atoms with Crippen molar-refractivity contribution in [3.8, 4) is 0 Å². The van der Waals surface area contributed by atoms with Crippen LogP contribution in [0.2, 0.25) is 0 Å². The van der Waals surface area contributed by atoms with Crippen LogP contribution in [0, 0.1) is 6.92 Å². The summed E-state index contributed by atoms with van der Waals surface area (Å²) in [5.74, 6) is -0.562. The van der Waals surface area contributed by atoms with Crippen molar-refractivity contribution in [3.63, 3.8) is 0 Å². The number of piperazine rings is 1. The third-order valence-corrected chi connectivity index (χ3v) is 6.55. The van der Waals surface area contributed by atoms with Crippen molar-refractivity contribution < 1.29 is 18.0 Å². The lowest BCUT2D eigenvalue weighted by Gasteiger charge is -2.34. The molecule has 10 heteroatoms. The van der Waals surface area contributed by atoms with E-state index in [0.29, 0.717) is 23.7 Å². The highest BCUT2D eigenvalue weighted by Crippen LogP contribution is 2.38. The van der Waals surface area contributed by atoms with Crippen molar-refractivity contribution in [2.45, 2.75) is 13.1 Å². The van der Waals surface area contributed by atoms with Gasteiger partial charge in [0.25, 0.3) is 5.91 Å². The maximum atomic E-state index is 13.7. The first-order chi connectivity index (χ1) is 14.1. The Kier molecular flexibility index (Phi) is 5.23. The normalized spacial score (nSPS) is 15.7. The number of hydrogen-bond donors (Lipinski definition) is 1. The number of alkyl halides is 3. The summed E-state index contributed by atoms with van der Waals surface area (Å²) in [5.41, 5.74) is 0.205. The SMILES string of the molecule is Cc1nn(C)c2sc(C(=O)Nc3ccc(N4CCN(C)CC4)cc3C(F)(F)F)cc12. The van der Waals surface area contributed by atoms with E-state index in [9.17, 15) is 18.0 Å². The fraction of sp³-hybridized carbons (Fsp3) is 0.400. The third kappa shape index (κ3) is 3.89. The number of halogens is 3. The molecule has 3 aromatic rings. The zero-order valence-corrected chi connectivity index (χ0v) is 17.7. The van der Waals surface area contributed by atoms with Gasteiger partial charge in [0.15, 0.2) is 0 Å². The summed E-state index contributed by atoms with van der Waals surface area (Å²) >= 11 is 1.21. The fourth-order valence-electron chi connectivity index (χ4n) is 3.64. The van der Waals surface area contributed by atoms with Gasteiger partial charge in [-0.2, -0.15) is 18.3 Å². The average molecular weight is 437 g/mol. The molecule has 1 aliphatic heterocycles. The van der Waals surface area contributed by atoms with Gasteiger partial charge in [-0.05, 0) is 38.2 Å². The molecular weight excluding hydrogens is 415 g/mol. The molecule has 0 radical (unpaired) electrons. The highest BCUT2D eigenvalue weighted by molar-refractivity contribution is 7.20. The van der Waals surface area contributed by atoms with E-state index in [1.165, 1.54) is 17.4 Å². The second-order valence-electron chi connectivity index (χ2n) is 7.51. The smallest absolute Gasteiger partial charge is 0.369 e. The molecule has 1 fully saturated rings. The minimum Gasteiger partial charge on any atom is -0.369 e. The second-order valence-corrected chi connectivity index (χ2v) is 8.54. The molecule has 3 heterocycles. The number of amides is 1. The van der Waals surface area contributed by atoms with Crippen molar-refractivity contribution in [3.05, 3.63) is 40.4 Å². The molecule has 6 nitrogen and oxygen atoms in total. The van der Waals surface area contributed by atoms with E-state index in [2.05, 4.69) is 15.3 Å². The van der Waals surface area contributed by atoms with E-state index >= 15 is 0 Å². The molecule has 0 bridgehead atoms. The van der Waals surface area contributed by atoms with Crippen molar-refractivity contribution in [2.24, 2.45) is 7.05 Å². The van der Waals surface area contributed by atoms with Crippen molar-refractivity contribution in [1.29, 1.82) is 0 Å². The average Bonchev–Trinajstić information content (AvgIpc) is 3.24. The van der Waals surface area contributed by atoms with Crippen molar-refractivity contribution in [1.82, 2.24) is 14.7 Å². The number of aromatic nitrogens is 2.